The zero-order valence-corrected chi connectivity index (χ0v) is 5.34. The highest BCUT2D eigenvalue weighted by Gasteiger charge is 1.92. The molecule has 0 aliphatic heterocycles. The average Bonchev–Trinajstić information content (AvgIpc) is 2.14. The summed E-state index contributed by atoms with van der Waals surface area (Å²) in [6.07, 6.45) is 0. The van der Waals surface area contributed by atoms with E-state index in [-0.39, 0.29) is 0 Å². The molecule has 0 aliphatic rings. The molecule has 1 rings (SSSR count). The van der Waals surface area contributed by atoms with Crippen LogP contribution in [0.2, 0.25) is 0 Å². The lowest BCUT2D eigenvalue weighted by Gasteiger charge is -1.77. The van der Waals surface area contributed by atoms with Gasteiger partial charge in [0.05, 0.1) is 12.8 Å². The summed E-state index contributed by atoms with van der Waals surface area (Å²) in [5, 5.41) is 11.1. The van der Waals surface area contributed by atoms with Gasteiger partial charge in [-0.15, -0.1) is 10.2 Å². The standard InChI is InChI=1S/C3H6N4S/c1-7-5-3(2-8)4-6-7/h8H,2H2,1H3. The van der Waals surface area contributed by atoms with E-state index in [2.05, 4.69) is 28.0 Å². The first-order valence-electron chi connectivity index (χ1n) is 2.16. The van der Waals surface area contributed by atoms with E-state index in [1.807, 2.05) is 0 Å². The quantitative estimate of drug-likeness (QED) is 0.528. The monoisotopic (exact) mass is 130 g/mol. The molecule has 0 N–H and O–H groups in total. The third-order valence-corrected chi connectivity index (χ3v) is 0.974. The Morgan fingerprint density at radius 1 is 1.75 bits per heavy atom. The van der Waals surface area contributed by atoms with Gasteiger partial charge in [-0.2, -0.15) is 17.4 Å². The minimum atomic E-state index is 0.549. The molecule has 44 valence electrons. The third-order valence-electron chi connectivity index (χ3n) is 0.691. The largest absolute Gasteiger partial charge is 0.184 e. The number of hydrogen-bond donors (Lipinski definition) is 1. The van der Waals surface area contributed by atoms with E-state index < -0.39 is 0 Å². The van der Waals surface area contributed by atoms with Crippen molar-refractivity contribution in [3.8, 4) is 0 Å². The summed E-state index contributed by atoms with van der Waals surface area (Å²) in [7, 11) is 1.72. The average molecular weight is 130 g/mol. The molecule has 1 heterocycles. The van der Waals surface area contributed by atoms with Gasteiger partial charge in [-0.05, 0) is 5.21 Å². The molecule has 1 aromatic heterocycles. The van der Waals surface area contributed by atoms with E-state index >= 15 is 0 Å². The molecule has 0 radical (unpaired) electrons. The maximum absolute atomic E-state index is 3.95. The summed E-state index contributed by atoms with van der Waals surface area (Å²) in [6, 6.07) is 0. The van der Waals surface area contributed by atoms with Gasteiger partial charge in [-0.1, -0.05) is 0 Å². The molecule has 0 atom stereocenters. The number of tetrazole rings is 1. The normalized spacial score (nSPS) is 9.75. The van der Waals surface area contributed by atoms with Crippen molar-refractivity contribution in [2.24, 2.45) is 7.05 Å². The summed E-state index contributed by atoms with van der Waals surface area (Å²) < 4.78 is 0. The van der Waals surface area contributed by atoms with Crippen molar-refractivity contribution in [2.75, 3.05) is 0 Å². The fraction of sp³-hybridized carbons (Fsp3) is 0.667. The molecule has 0 saturated carbocycles. The van der Waals surface area contributed by atoms with Gasteiger partial charge in [0.25, 0.3) is 0 Å². The van der Waals surface area contributed by atoms with E-state index in [4.69, 9.17) is 0 Å². The van der Waals surface area contributed by atoms with Gasteiger partial charge in [-0.3, -0.25) is 0 Å². The van der Waals surface area contributed by atoms with E-state index in [0.29, 0.717) is 11.6 Å². The van der Waals surface area contributed by atoms with Crippen LogP contribution < -0.4 is 0 Å². The van der Waals surface area contributed by atoms with Crippen LogP contribution in [0.3, 0.4) is 0 Å². The lowest BCUT2D eigenvalue weighted by atomic mass is 10.8. The lowest BCUT2D eigenvalue weighted by Crippen LogP contribution is -1.92. The molecule has 0 aliphatic carbocycles. The Morgan fingerprint density at radius 3 is 2.75 bits per heavy atom. The van der Waals surface area contributed by atoms with Gasteiger partial charge in [0.2, 0.25) is 0 Å². The van der Waals surface area contributed by atoms with Gasteiger partial charge in [-0.25, -0.2) is 0 Å². The Bertz CT molecular complexity index is 172. The minimum absolute atomic E-state index is 0.549. The van der Waals surface area contributed by atoms with Crippen molar-refractivity contribution in [3.05, 3.63) is 5.82 Å². The van der Waals surface area contributed by atoms with Gasteiger partial charge in [0.15, 0.2) is 5.82 Å². The van der Waals surface area contributed by atoms with Crippen molar-refractivity contribution in [3.63, 3.8) is 0 Å². The predicted molar refractivity (Wildman–Crippen MR) is 31.5 cm³/mol. The Kier molecular flexibility index (Phi) is 1.48. The number of nitrogens with zero attached hydrogens (tertiary/aromatic N) is 4. The number of aryl methyl sites for hydroxylation is 1. The van der Waals surface area contributed by atoms with Crippen LogP contribution in [0.1, 0.15) is 5.82 Å². The molecule has 0 fully saturated rings. The Hall–Kier alpha value is -0.580. The molecule has 0 unspecified atom stereocenters. The second kappa shape index (κ2) is 2.13. The Balaban J connectivity index is 2.84. The van der Waals surface area contributed by atoms with Crippen LogP contribution in [-0.2, 0) is 12.8 Å². The maximum Gasteiger partial charge on any atom is 0.184 e. The predicted octanol–water partition coefficient (Wildman–Crippen LogP) is -0.360. The van der Waals surface area contributed by atoms with Gasteiger partial charge in [0.1, 0.15) is 0 Å². The SMILES string of the molecule is Cn1nnc(CS)n1. The third kappa shape index (κ3) is 0.975. The summed E-state index contributed by atoms with van der Waals surface area (Å²) in [5.74, 6) is 1.21. The molecule has 0 amide bonds. The van der Waals surface area contributed by atoms with Crippen molar-refractivity contribution < 1.29 is 0 Å². The van der Waals surface area contributed by atoms with Crippen LogP contribution in [0.5, 0.6) is 0 Å². The van der Waals surface area contributed by atoms with Crippen molar-refractivity contribution in [1.82, 2.24) is 20.2 Å². The van der Waals surface area contributed by atoms with Gasteiger partial charge >= 0.3 is 0 Å². The van der Waals surface area contributed by atoms with Gasteiger partial charge < -0.3 is 0 Å². The van der Waals surface area contributed by atoms with E-state index in [1.165, 1.54) is 4.80 Å². The van der Waals surface area contributed by atoms with Crippen LogP contribution >= 0.6 is 12.6 Å². The first-order valence-corrected chi connectivity index (χ1v) is 2.80. The van der Waals surface area contributed by atoms with Crippen LogP contribution in [0, 0.1) is 0 Å². The first kappa shape index (κ1) is 5.55. The zero-order chi connectivity index (χ0) is 5.98. The van der Waals surface area contributed by atoms with E-state index in [0.717, 1.165) is 0 Å². The van der Waals surface area contributed by atoms with Crippen molar-refractivity contribution in [2.45, 2.75) is 5.75 Å². The highest BCUT2D eigenvalue weighted by molar-refractivity contribution is 7.79. The van der Waals surface area contributed by atoms with Crippen LogP contribution in [-0.4, -0.2) is 20.2 Å². The topological polar surface area (TPSA) is 43.6 Å². The molecule has 0 bridgehead atoms. The first-order chi connectivity index (χ1) is 3.83. The second-order valence-corrected chi connectivity index (χ2v) is 1.67. The molecule has 0 saturated heterocycles. The van der Waals surface area contributed by atoms with E-state index in [1.54, 1.807) is 7.05 Å². The summed E-state index contributed by atoms with van der Waals surface area (Å²) in [4.78, 5) is 1.41. The van der Waals surface area contributed by atoms with Crippen LogP contribution in [0.15, 0.2) is 0 Å². The summed E-state index contributed by atoms with van der Waals surface area (Å²) in [6.45, 7) is 0. The molecule has 0 spiro atoms. The fourth-order valence-corrected chi connectivity index (χ4v) is 0.513. The van der Waals surface area contributed by atoms with Crippen molar-refractivity contribution >= 4 is 12.6 Å². The molecule has 5 heteroatoms. The molecular weight excluding hydrogens is 124 g/mol. The van der Waals surface area contributed by atoms with Gasteiger partial charge in [0, 0.05) is 0 Å². The number of aromatic nitrogens is 4. The summed E-state index contributed by atoms with van der Waals surface area (Å²) in [5.41, 5.74) is 0. The maximum atomic E-state index is 3.95. The smallest absolute Gasteiger partial charge is 0.171 e. The highest BCUT2D eigenvalue weighted by Crippen LogP contribution is 1.88. The second-order valence-electron chi connectivity index (χ2n) is 1.35. The number of hydrogen-bond acceptors (Lipinski definition) is 4. The van der Waals surface area contributed by atoms with E-state index in [9.17, 15) is 0 Å². The Morgan fingerprint density at radius 2 is 2.50 bits per heavy atom. The number of rotatable bonds is 1. The summed E-state index contributed by atoms with van der Waals surface area (Å²) >= 11 is 3.95. The molecule has 4 nitrogen and oxygen atoms in total. The molecule has 8 heavy (non-hydrogen) atoms. The number of thiol groups is 1. The van der Waals surface area contributed by atoms with Crippen molar-refractivity contribution in [1.29, 1.82) is 0 Å². The zero-order valence-electron chi connectivity index (χ0n) is 4.44. The fourth-order valence-electron chi connectivity index (χ4n) is 0.387. The minimum Gasteiger partial charge on any atom is -0.171 e. The lowest BCUT2D eigenvalue weighted by molar-refractivity contribution is 0.628. The Labute approximate surface area is 52.3 Å². The molecular formula is C3H6N4S. The molecule has 0 aromatic carbocycles. The highest BCUT2D eigenvalue weighted by atomic mass is 32.1. The van der Waals surface area contributed by atoms with Crippen LogP contribution in [0.4, 0.5) is 0 Å². The van der Waals surface area contributed by atoms with Crippen LogP contribution in [0.25, 0.3) is 0 Å². The molecule has 1 aromatic rings.